The fraction of sp³-hybridized carbons (Fsp3) is 0.364. The average Bonchev–Trinajstić information content (AvgIpc) is 2.84. The van der Waals surface area contributed by atoms with Crippen LogP contribution in [0.5, 0.6) is 0 Å². The number of imidazole rings is 1. The molecule has 0 spiro atoms. The molecule has 108 valence electrons. The Morgan fingerprint density at radius 1 is 1.35 bits per heavy atom. The number of hydrogen-bond acceptors (Lipinski definition) is 6. The first-order valence-electron chi connectivity index (χ1n) is 5.85. The predicted molar refractivity (Wildman–Crippen MR) is 73.6 cm³/mol. The number of nitrogens with zero attached hydrogens (tertiary/aromatic N) is 5. The van der Waals surface area contributed by atoms with E-state index in [1.165, 1.54) is 12.5 Å². The van der Waals surface area contributed by atoms with Crippen LogP contribution in [-0.4, -0.2) is 42.0 Å². The van der Waals surface area contributed by atoms with Crippen molar-refractivity contribution in [2.45, 2.75) is 11.6 Å². The van der Waals surface area contributed by atoms with Gasteiger partial charge in [0, 0.05) is 33.5 Å². The van der Waals surface area contributed by atoms with Gasteiger partial charge in [-0.1, -0.05) is 0 Å². The lowest BCUT2D eigenvalue weighted by atomic mass is 10.5. The van der Waals surface area contributed by atoms with E-state index < -0.39 is 10.0 Å². The summed E-state index contributed by atoms with van der Waals surface area (Å²) in [7, 11) is 1.76. The second kappa shape index (κ2) is 5.55. The highest BCUT2D eigenvalue weighted by molar-refractivity contribution is 7.89. The van der Waals surface area contributed by atoms with Gasteiger partial charge in [-0.25, -0.2) is 28.1 Å². The SMILES string of the molecule is CN(C)c1ccnc(CNS(=O)(=O)c2cn(C)cn2)n1. The summed E-state index contributed by atoms with van der Waals surface area (Å²) in [6, 6.07) is 1.75. The van der Waals surface area contributed by atoms with E-state index in [0.29, 0.717) is 11.6 Å². The Kier molecular flexibility index (Phi) is 4.00. The lowest BCUT2D eigenvalue weighted by Gasteiger charge is -2.11. The van der Waals surface area contributed by atoms with Crippen LogP contribution in [0.1, 0.15) is 5.82 Å². The molecule has 0 fully saturated rings. The Bertz CT molecular complexity index is 694. The topological polar surface area (TPSA) is 93.0 Å². The molecule has 2 rings (SSSR count). The van der Waals surface area contributed by atoms with Crippen molar-refractivity contribution in [1.29, 1.82) is 0 Å². The molecule has 0 aliphatic heterocycles. The molecule has 2 heterocycles. The zero-order valence-corrected chi connectivity index (χ0v) is 12.3. The molecule has 0 saturated heterocycles. The largest absolute Gasteiger partial charge is 0.363 e. The van der Waals surface area contributed by atoms with Crippen LogP contribution in [0.2, 0.25) is 0 Å². The molecule has 0 amide bonds. The van der Waals surface area contributed by atoms with Gasteiger partial charge in [0.25, 0.3) is 10.0 Å². The zero-order chi connectivity index (χ0) is 14.8. The number of sulfonamides is 1. The van der Waals surface area contributed by atoms with E-state index in [-0.39, 0.29) is 11.6 Å². The minimum absolute atomic E-state index is 0.0145. The summed E-state index contributed by atoms with van der Waals surface area (Å²) in [4.78, 5) is 13.9. The minimum atomic E-state index is -3.65. The molecule has 20 heavy (non-hydrogen) atoms. The fourth-order valence-corrected chi connectivity index (χ4v) is 2.44. The van der Waals surface area contributed by atoms with Crippen molar-refractivity contribution in [3.8, 4) is 0 Å². The van der Waals surface area contributed by atoms with Crippen LogP contribution in [-0.2, 0) is 23.6 Å². The smallest absolute Gasteiger partial charge is 0.259 e. The quantitative estimate of drug-likeness (QED) is 0.818. The zero-order valence-electron chi connectivity index (χ0n) is 11.5. The van der Waals surface area contributed by atoms with E-state index in [2.05, 4.69) is 19.7 Å². The maximum Gasteiger partial charge on any atom is 0.259 e. The van der Waals surface area contributed by atoms with Gasteiger partial charge >= 0.3 is 0 Å². The molecular formula is C11H16N6O2S. The Morgan fingerprint density at radius 2 is 2.10 bits per heavy atom. The third-order valence-electron chi connectivity index (χ3n) is 2.53. The van der Waals surface area contributed by atoms with Gasteiger partial charge in [-0.2, -0.15) is 0 Å². The first-order valence-corrected chi connectivity index (χ1v) is 7.34. The van der Waals surface area contributed by atoms with E-state index >= 15 is 0 Å². The van der Waals surface area contributed by atoms with E-state index in [0.717, 1.165) is 0 Å². The first-order chi connectivity index (χ1) is 9.38. The number of nitrogens with one attached hydrogen (secondary N) is 1. The molecule has 0 aliphatic carbocycles. The predicted octanol–water partition coefficient (Wildman–Crippen LogP) is -0.245. The van der Waals surface area contributed by atoms with Gasteiger partial charge < -0.3 is 9.47 Å². The van der Waals surface area contributed by atoms with Crippen molar-refractivity contribution in [3.63, 3.8) is 0 Å². The van der Waals surface area contributed by atoms with Crippen molar-refractivity contribution in [2.24, 2.45) is 7.05 Å². The van der Waals surface area contributed by atoms with Crippen molar-refractivity contribution in [2.75, 3.05) is 19.0 Å². The molecule has 1 N–H and O–H groups in total. The van der Waals surface area contributed by atoms with Gasteiger partial charge in [-0.3, -0.25) is 0 Å². The fourth-order valence-electron chi connectivity index (χ4n) is 1.48. The molecular weight excluding hydrogens is 280 g/mol. The van der Waals surface area contributed by atoms with Gasteiger partial charge in [0.05, 0.1) is 12.9 Å². The second-order valence-corrected chi connectivity index (χ2v) is 6.14. The van der Waals surface area contributed by atoms with Crippen LogP contribution in [0.15, 0.2) is 29.8 Å². The van der Waals surface area contributed by atoms with Gasteiger partial charge in [0.1, 0.15) is 11.6 Å². The number of aromatic nitrogens is 4. The summed E-state index contributed by atoms with van der Waals surface area (Å²) in [6.07, 6.45) is 4.45. The Morgan fingerprint density at radius 3 is 2.70 bits per heavy atom. The summed E-state index contributed by atoms with van der Waals surface area (Å²) in [5.41, 5.74) is 0. The minimum Gasteiger partial charge on any atom is -0.363 e. The van der Waals surface area contributed by atoms with E-state index in [1.54, 1.807) is 23.9 Å². The molecule has 0 radical (unpaired) electrons. The van der Waals surface area contributed by atoms with Crippen LogP contribution in [0.25, 0.3) is 0 Å². The van der Waals surface area contributed by atoms with E-state index in [4.69, 9.17) is 0 Å². The van der Waals surface area contributed by atoms with Crippen LogP contribution >= 0.6 is 0 Å². The number of hydrogen-bond donors (Lipinski definition) is 1. The third-order valence-corrected chi connectivity index (χ3v) is 3.81. The highest BCUT2D eigenvalue weighted by Crippen LogP contribution is 2.07. The van der Waals surface area contributed by atoms with Crippen LogP contribution in [0.3, 0.4) is 0 Å². The summed E-state index contributed by atoms with van der Waals surface area (Å²) in [5.74, 6) is 1.11. The Labute approximate surface area is 117 Å². The normalized spacial score (nSPS) is 11.6. The number of anilines is 1. The molecule has 0 bridgehead atoms. The summed E-state index contributed by atoms with van der Waals surface area (Å²) in [6.45, 7) is 0.0145. The summed E-state index contributed by atoms with van der Waals surface area (Å²) < 4.78 is 28.0. The lowest BCUT2D eigenvalue weighted by molar-refractivity contribution is 0.576. The molecule has 0 saturated carbocycles. The molecule has 9 heteroatoms. The molecule has 2 aromatic rings. The van der Waals surface area contributed by atoms with Crippen molar-refractivity contribution in [1.82, 2.24) is 24.2 Å². The second-order valence-electron chi connectivity index (χ2n) is 4.43. The number of aryl methyl sites for hydroxylation is 1. The van der Waals surface area contributed by atoms with Crippen molar-refractivity contribution >= 4 is 15.8 Å². The van der Waals surface area contributed by atoms with Crippen LogP contribution in [0, 0.1) is 0 Å². The van der Waals surface area contributed by atoms with Gasteiger partial charge in [0.2, 0.25) is 0 Å². The maximum absolute atomic E-state index is 12.0. The highest BCUT2D eigenvalue weighted by Gasteiger charge is 2.17. The third kappa shape index (κ3) is 3.31. The van der Waals surface area contributed by atoms with E-state index in [9.17, 15) is 8.42 Å². The molecule has 8 nitrogen and oxygen atoms in total. The monoisotopic (exact) mass is 296 g/mol. The van der Waals surface area contributed by atoms with Gasteiger partial charge in [0.15, 0.2) is 5.03 Å². The lowest BCUT2D eigenvalue weighted by Crippen LogP contribution is -2.25. The summed E-state index contributed by atoms with van der Waals surface area (Å²) >= 11 is 0. The van der Waals surface area contributed by atoms with Gasteiger partial charge in [-0.15, -0.1) is 0 Å². The molecule has 2 aromatic heterocycles. The maximum atomic E-state index is 12.0. The van der Waals surface area contributed by atoms with Crippen molar-refractivity contribution < 1.29 is 8.42 Å². The Hall–Kier alpha value is -2.00. The van der Waals surface area contributed by atoms with Gasteiger partial charge in [-0.05, 0) is 6.07 Å². The first kappa shape index (κ1) is 14.4. The Balaban J connectivity index is 2.10. The molecule has 0 atom stereocenters. The highest BCUT2D eigenvalue weighted by atomic mass is 32.2. The molecule has 0 aliphatic rings. The number of rotatable bonds is 5. The summed E-state index contributed by atoms with van der Waals surface area (Å²) in [5, 5.41) is -0.0243. The van der Waals surface area contributed by atoms with Crippen molar-refractivity contribution in [3.05, 3.63) is 30.6 Å². The average molecular weight is 296 g/mol. The van der Waals surface area contributed by atoms with Crippen LogP contribution in [0.4, 0.5) is 5.82 Å². The molecule has 0 unspecified atom stereocenters. The molecule has 0 aromatic carbocycles. The van der Waals surface area contributed by atoms with Crippen LogP contribution < -0.4 is 9.62 Å². The van der Waals surface area contributed by atoms with E-state index in [1.807, 2.05) is 19.0 Å². The standard InChI is InChI=1S/C11H16N6O2S/c1-16(2)10-4-5-12-9(15-10)6-14-20(18,19)11-7-17(3)8-13-11/h4-5,7-8,14H,6H2,1-3H3.